The maximum atomic E-state index is 13.1. The Bertz CT molecular complexity index is 1470. The summed E-state index contributed by atoms with van der Waals surface area (Å²) in [5.74, 6) is 1.04. The molecule has 5 rings (SSSR count). The van der Waals surface area contributed by atoms with Gasteiger partial charge in [0.1, 0.15) is 12.1 Å². The van der Waals surface area contributed by atoms with Crippen LogP contribution in [-0.2, 0) is 0 Å². The summed E-state index contributed by atoms with van der Waals surface area (Å²) < 4.78 is 0. The van der Waals surface area contributed by atoms with Gasteiger partial charge in [0.25, 0.3) is 5.91 Å². The summed E-state index contributed by atoms with van der Waals surface area (Å²) in [5, 5.41) is 17.0. The largest absolute Gasteiger partial charge is 0.331 e. The zero-order valence-corrected chi connectivity index (χ0v) is 23.6. The molecule has 4 aromatic rings. The molecular formula is C30H34ClN7O2. The normalized spacial score (nSPS) is 18.2. The number of nitrogens with one attached hydrogen (secondary N) is 4. The van der Waals surface area contributed by atoms with Gasteiger partial charge in [-0.05, 0) is 84.9 Å². The van der Waals surface area contributed by atoms with Crippen molar-refractivity contribution in [2.45, 2.75) is 52.5 Å². The third-order valence-electron chi connectivity index (χ3n) is 7.87. The van der Waals surface area contributed by atoms with Gasteiger partial charge < -0.3 is 16.0 Å². The number of carbonyl (C=O) groups excluding carboxylic acids is 2. The van der Waals surface area contributed by atoms with Gasteiger partial charge in [0, 0.05) is 16.3 Å². The fourth-order valence-corrected chi connectivity index (χ4v) is 5.65. The Morgan fingerprint density at radius 1 is 0.950 bits per heavy atom. The van der Waals surface area contributed by atoms with Crippen molar-refractivity contribution in [3.8, 4) is 0 Å². The van der Waals surface area contributed by atoms with Crippen molar-refractivity contribution in [1.29, 1.82) is 0 Å². The summed E-state index contributed by atoms with van der Waals surface area (Å²) in [6.07, 6.45) is 7.22. The summed E-state index contributed by atoms with van der Waals surface area (Å²) in [7, 11) is 0. The Kier molecular flexibility index (Phi) is 8.02. The van der Waals surface area contributed by atoms with Crippen LogP contribution in [0.2, 0.25) is 5.02 Å². The molecule has 1 fully saturated rings. The van der Waals surface area contributed by atoms with E-state index in [1.54, 1.807) is 42.6 Å². The molecule has 0 spiro atoms. The smallest absolute Gasteiger partial charge is 0.319 e. The quantitative estimate of drug-likeness (QED) is 0.203. The predicted octanol–water partition coefficient (Wildman–Crippen LogP) is 6.97. The highest BCUT2D eigenvalue weighted by atomic mass is 35.5. The van der Waals surface area contributed by atoms with E-state index in [0.717, 1.165) is 31.2 Å². The Hall–Kier alpha value is -3.98. The van der Waals surface area contributed by atoms with E-state index in [4.69, 9.17) is 11.6 Å². The molecule has 40 heavy (non-hydrogen) atoms. The number of nitrogens with zero attached hydrogens (tertiary/aromatic N) is 3. The van der Waals surface area contributed by atoms with Crippen molar-refractivity contribution >= 4 is 46.1 Å². The molecule has 2 heterocycles. The lowest BCUT2D eigenvalue weighted by Gasteiger charge is -2.39. The SMILES string of the molecule is CC(C)(C)C1CCC(C(NC(=O)Nc2ccc(Cl)cc2)c2ccc(C(=O)Nc3ncnc4[nH]ncc34)cc2)CC1. The lowest BCUT2D eigenvalue weighted by Crippen LogP contribution is -2.38. The molecule has 0 radical (unpaired) electrons. The number of rotatable bonds is 6. The molecule has 0 aliphatic heterocycles. The van der Waals surface area contributed by atoms with E-state index >= 15 is 0 Å². The number of carbonyl (C=O) groups is 2. The Labute approximate surface area is 238 Å². The average Bonchev–Trinajstić information content (AvgIpc) is 3.43. The molecule has 0 saturated heterocycles. The minimum atomic E-state index is -0.288. The first-order valence-electron chi connectivity index (χ1n) is 13.6. The minimum absolute atomic E-state index is 0.197. The molecule has 2 aromatic carbocycles. The fourth-order valence-electron chi connectivity index (χ4n) is 5.52. The molecule has 4 N–H and O–H groups in total. The molecule has 1 saturated carbocycles. The van der Waals surface area contributed by atoms with Gasteiger partial charge in [-0.25, -0.2) is 14.8 Å². The Morgan fingerprint density at radius 2 is 1.65 bits per heavy atom. The number of benzene rings is 2. The zero-order chi connectivity index (χ0) is 28.3. The number of aromatic amines is 1. The highest BCUT2D eigenvalue weighted by molar-refractivity contribution is 6.30. The van der Waals surface area contributed by atoms with Crippen LogP contribution in [0.15, 0.2) is 61.1 Å². The summed E-state index contributed by atoms with van der Waals surface area (Å²) in [6, 6.07) is 14.0. The number of anilines is 2. The van der Waals surface area contributed by atoms with Gasteiger partial charge in [-0.1, -0.05) is 44.5 Å². The number of urea groups is 1. The molecule has 1 unspecified atom stereocenters. The molecule has 1 atom stereocenters. The second-order valence-electron chi connectivity index (χ2n) is 11.5. The monoisotopic (exact) mass is 559 g/mol. The molecular weight excluding hydrogens is 526 g/mol. The molecule has 1 aliphatic carbocycles. The molecule has 1 aliphatic rings. The van der Waals surface area contributed by atoms with Gasteiger partial charge in [0.2, 0.25) is 0 Å². The maximum Gasteiger partial charge on any atom is 0.319 e. The highest BCUT2D eigenvalue weighted by Crippen LogP contribution is 2.43. The third kappa shape index (κ3) is 6.42. The first kappa shape index (κ1) is 27.6. The average molecular weight is 560 g/mol. The van der Waals surface area contributed by atoms with Crippen LogP contribution >= 0.6 is 11.6 Å². The second-order valence-corrected chi connectivity index (χ2v) is 11.9. The molecule has 208 valence electrons. The first-order chi connectivity index (χ1) is 19.2. The van der Waals surface area contributed by atoms with Crippen LogP contribution in [0.3, 0.4) is 0 Å². The second kappa shape index (κ2) is 11.6. The van der Waals surface area contributed by atoms with E-state index in [0.29, 0.717) is 39.0 Å². The van der Waals surface area contributed by atoms with Crippen molar-refractivity contribution < 1.29 is 9.59 Å². The summed E-state index contributed by atoms with van der Waals surface area (Å²) in [4.78, 5) is 34.4. The molecule has 0 bridgehead atoms. The van der Waals surface area contributed by atoms with Gasteiger partial charge >= 0.3 is 6.03 Å². The van der Waals surface area contributed by atoms with Crippen molar-refractivity contribution in [2.75, 3.05) is 10.6 Å². The van der Waals surface area contributed by atoms with Crippen molar-refractivity contribution in [1.82, 2.24) is 25.5 Å². The Balaban J connectivity index is 1.32. The molecule has 9 nitrogen and oxygen atoms in total. The van der Waals surface area contributed by atoms with Crippen LogP contribution < -0.4 is 16.0 Å². The van der Waals surface area contributed by atoms with E-state index in [1.807, 2.05) is 12.1 Å². The predicted molar refractivity (Wildman–Crippen MR) is 157 cm³/mol. The van der Waals surface area contributed by atoms with Crippen LogP contribution in [0, 0.1) is 17.3 Å². The topological polar surface area (TPSA) is 125 Å². The van der Waals surface area contributed by atoms with E-state index in [2.05, 4.69) is 56.9 Å². The molecule has 2 aromatic heterocycles. The van der Waals surface area contributed by atoms with Crippen LogP contribution in [0.25, 0.3) is 11.0 Å². The number of H-pyrrole nitrogens is 1. The van der Waals surface area contributed by atoms with Crippen molar-refractivity contribution in [3.05, 3.63) is 77.2 Å². The van der Waals surface area contributed by atoms with E-state index < -0.39 is 0 Å². The minimum Gasteiger partial charge on any atom is -0.331 e. The standard InChI is InChI=1S/C30H34ClN7O2/c1-30(2,3)21-10-8-19(9-11-21)25(36-29(40)35-23-14-12-22(31)13-15-23)18-4-6-20(7-5-18)28(39)37-26-24-16-34-38-27(24)33-17-32-26/h4-7,12-17,19,21,25H,8-11H2,1-3H3,(H2,35,36,40)(H2,32,33,34,37,38,39). The lowest BCUT2D eigenvalue weighted by molar-refractivity contribution is 0.102. The first-order valence-corrected chi connectivity index (χ1v) is 13.9. The highest BCUT2D eigenvalue weighted by Gasteiger charge is 2.34. The van der Waals surface area contributed by atoms with Gasteiger partial charge in [-0.3, -0.25) is 9.89 Å². The van der Waals surface area contributed by atoms with Crippen LogP contribution in [0.4, 0.5) is 16.3 Å². The Morgan fingerprint density at radius 3 is 2.33 bits per heavy atom. The number of fused-ring (bicyclic) bond motifs is 1. The van der Waals surface area contributed by atoms with Crippen LogP contribution in [0.1, 0.15) is 68.4 Å². The summed E-state index contributed by atoms with van der Waals surface area (Å²) >= 11 is 5.99. The number of hydrogen-bond acceptors (Lipinski definition) is 5. The van der Waals surface area contributed by atoms with Crippen LogP contribution in [0.5, 0.6) is 0 Å². The number of halogens is 1. The zero-order valence-electron chi connectivity index (χ0n) is 22.9. The van der Waals surface area contributed by atoms with E-state index in [1.165, 1.54) is 6.33 Å². The van der Waals surface area contributed by atoms with Gasteiger partial charge in [0.15, 0.2) is 5.65 Å². The number of amides is 3. The third-order valence-corrected chi connectivity index (χ3v) is 8.12. The molecule has 3 amide bonds. The van der Waals surface area contributed by atoms with E-state index in [9.17, 15) is 9.59 Å². The van der Waals surface area contributed by atoms with Crippen molar-refractivity contribution in [3.63, 3.8) is 0 Å². The molecule has 10 heteroatoms. The number of aromatic nitrogens is 4. The maximum absolute atomic E-state index is 13.1. The van der Waals surface area contributed by atoms with Gasteiger partial charge in [-0.15, -0.1) is 0 Å². The van der Waals surface area contributed by atoms with Gasteiger partial charge in [0.05, 0.1) is 17.6 Å². The van der Waals surface area contributed by atoms with Crippen LogP contribution in [-0.4, -0.2) is 32.1 Å². The van der Waals surface area contributed by atoms with E-state index in [-0.39, 0.29) is 29.3 Å². The van der Waals surface area contributed by atoms with Crippen molar-refractivity contribution in [2.24, 2.45) is 17.3 Å². The summed E-state index contributed by atoms with van der Waals surface area (Å²) in [5.41, 5.74) is 2.93. The summed E-state index contributed by atoms with van der Waals surface area (Å²) in [6.45, 7) is 6.91. The lowest BCUT2D eigenvalue weighted by atomic mass is 9.68. The number of hydrogen-bond donors (Lipinski definition) is 4. The fraction of sp³-hybridized carbons (Fsp3) is 0.367. The van der Waals surface area contributed by atoms with Gasteiger partial charge in [-0.2, -0.15) is 5.10 Å².